The molecule has 1 N–H and O–H groups in total. The largest absolute Gasteiger partial charge is 0.322 e. The van der Waals surface area contributed by atoms with E-state index >= 15 is 0 Å². The Labute approximate surface area is 166 Å². The smallest absolute Gasteiger partial charge is 0.255 e. The summed E-state index contributed by atoms with van der Waals surface area (Å²) in [5, 5.41) is 2.94. The number of pyridine rings is 1. The van der Waals surface area contributed by atoms with Crippen LogP contribution in [0.4, 0.5) is 5.82 Å². The maximum absolute atomic E-state index is 13.2. The Hall–Kier alpha value is -2.69. The Morgan fingerprint density at radius 1 is 1.18 bits per heavy atom. The summed E-state index contributed by atoms with van der Waals surface area (Å²) >= 11 is 0. The second-order valence-electron chi connectivity index (χ2n) is 8.06. The number of amides is 2. The Morgan fingerprint density at radius 3 is 2.68 bits per heavy atom. The lowest BCUT2D eigenvalue weighted by atomic mass is 9.84. The van der Waals surface area contributed by atoms with Crippen LogP contribution in [0.1, 0.15) is 60.0 Å². The van der Waals surface area contributed by atoms with Crippen LogP contribution >= 0.6 is 0 Å². The highest BCUT2D eigenvalue weighted by molar-refractivity contribution is 6.03. The van der Waals surface area contributed by atoms with E-state index in [1.54, 1.807) is 11.1 Å². The lowest BCUT2D eigenvalue weighted by Crippen LogP contribution is -2.45. The second-order valence-corrected chi connectivity index (χ2v) is 8.06. The van der Waals surface area contributed by atoms with Gasteiger partial charge in [0.15, 0.2) is 0 Å². The quantitative estimate of drug-likeness (QED) is 0.844. The fraction of sp³-hybridized carbons (Fsp3) is 0.435. The predicted octanol–water partition coefficient (Wildman–Crippen LogP) is 4.32. The van der Waals surface area contributed by atoms with Gasteiger partial charge in [0, 0.05) is 18.3 Å². The average Bonchev–Trinajstić information content (AvgIpc) is 3.05. The Kier molecular flexibility index (Phi) is 5.42. The topological polar surface area (TPSA) is 62.3 Å². The Morgan fingerprint density at radius 2 is 1.96 bits per heavy atom. The molecular formula is C23H27N3O2. The van der Waals surface area contributed by atoms with E-state index in [0.717, 1.165) is 36.0 Å². The third-order valence-electron chi connectivity index (χ3n) is 5.97. The van der Waals surface area contributed by atoms with Crippen LogP contribution in [0, 0.1) is 12.8 Å². The van der Waals surface area contributed by atoms with Gasteiger partial charge in [-0.1, -0.05) is 56.4 Å². The van der Waals surface area contributed by atoms with Crippen molar-refractivity contribution >= 4 is 17.6 Å². The van der Waals surface area contributed by atoms with Gasteiger partial charge in [0.25, 0.3) is 5.91 Å². The number of hydrogen-bond donors (Lipinski definition) is 1. The molecule has 2 heterocycles. The summed E-state index contributed by atoms with van der Waals surface area (Å²) in [5.41, 5.74) is 2.77. The molecule has 2 aromatic rings. The number of aromatic nitrogens is 1. The minimum Gasteiger partial charge on any atom is -0.322 e. The molecule has 1 aromatic heterocycles. The number of aryl methyl sites for hydroxylation is 1. The highest BCUT2D eigenvalue weighted by Gasteiger charge is 2.37. The van der Waals surface area contributed by atoms with Gasteiger partial charge in [-0.15, -0.1) is 0 Å². The molecule has 5 nitrogen and oxygen atoms in total. The lowest BCUT2D eigenvalue weighted by Gasteiger charge is -2.31. The van der Waals surface area contributed by atoms with Crippen molar-refractivity contribution in [2.45, 2.75) is 58.0 Å². The van der Waals surface area contributed by atoms with Crippen LogP contribution in [0.15, 0.2) is 42.6 Å². The number of carbonyl (C=O) groups is 2. The van der Waals surface area contributed by atoms with Gasteiger partial charge < -0.3 is 10.2 Å². The summed E-state index contributed by atoms with van der Waals surface area (Å²) in [6.45, 7) is 2.46. The first kappa shape index (κ1) is 18.7. The average molecular weight is 377 g/mol. The number of benzene rings is 1. The molecule has 1 aliphatic heterocycles. The zero-order chi connectivity index (χ0) is 19.5. The van der Waals surface area contributed by atoms with E-state index < -0.39 is 6.04 Å². The van der Waals surface area contributed by atoms with Crippen molar-refractivity contribution in [2.75, 3.05) is 5.32 Å². The number of carbonyl (C=O) groups excluding carboxylic acids is 2. The minimum atomic E-state index is -0.467. The molecule has 0 unspecified atom stereocenters. The van der Waals surface area contributed by atoms with Gasteiger partial charge in [-0.2, -0.15) is 0 Å². The molecule has 0 saturated heterocycles. The maximum Gasteiger partial charge on any atom is 0.255 e. The van der Waals surface area contributed by atoms with Crippen LogP contribution in [0.2, 0.25) is 0 Å². The molecule has 0 radical (unpaired) electrons. The van der Waals surface area contributed by atoms with Crippen molar-refractivity contribution in [2.24, 2.45) is 5.92 Å². The molecule has 1 aromatic carbocycles. The maximum atomic E-state index is 13.2. The number of hydrogen-bond acceptors (Lipinski definition) is 3. The van der Waals surface area contributed by atoms with Crippen molar-refractivity contribution in [3.05, 3.63) is 59.3 Å². The van der Waals surface area contributed by atoms with Gasteiger partial charge in [0.2, 0.25) is 5.91 Å². The van der Waals surface area contributed by atoms with Crippen molar-refractivity contribution in [3.63, 3.8) is 0 Å². The standard InChI is InChI=1S/C23H27N3O2/c1-16-11-12-21(24-14-16)25-22(27)20(13-17-7-3-2-4-8-17)26-15-18-9-5-6-10-19(18)23(26)28/h5-6,9-12,14,17,20H,2-4,7-8,13,15H2,1H3,(H,24,25,27)/t20-/m0/s1. The van der Waals surface area contributed by atoms with Gasteiger partial charge in [0.1, 0.15) is 11.9 Å². The molecule has 28 heavy (non-hydrogen) atoms. The van der Waals surface area contributed by atoms with E-state index in [9.17, 15) is 9.59 Å². The zero-order valence-electron chi connectivity index (χ0n) is 16.4. The van der Waals surface area contributed by atoms with Crippen molar-refractivity contribution in [1.29, 1.82) is 0 Å². The third-order valence-corrected chi connectivity index (χ3v) is 5.97. The van der Waals surface area contributed by atoms with Gasteiger partial charge in [-0.25, -0.2) is 4.98 Å². The highest BCUT2D eigenvalue weighted by Crippen LogP contribution is 2.32. The molecule has 0 spiro atoms. The number of nitrogens with zero attached hydrogens (tertiary/aromatic N) is 2. The molecule has 4 rings (SSSR count). The van der Waals surface area contributed by atoms with Crippen LogP contribution in [-0.2, 0) is 11.3 Å². The molecule has 5 heteroatoms. The molecule has 1 fully saturated rings. The van der Waals surface area contributed by atoms with E-state index in [-0.39, 0.29) is 11.8 Å². The molecule has 1 saturated carbocycles. The normalized spacial score (nSPS) is 18.0. The van der Waals surface area contributed by atoms with Gasteiger partial charge in [-0.3, -0.25) is 9.59 Å². The molecule has 1 atom stereocenters. The SMILES string of the molecule is Cc1ccc(NC(=O)[C@H](CC2CCCCC2)N2Cc3ccccc3C2=O)nc1. The Bertz CT molecular complexity index is 856. The van der Waals surface area contributed by atoms with Gasteiger partial charge in [-0.05, 0) is 42.5 Å². The second kappa shape index (κ2) is 8.13. The zero-order valence-corrected chi connectivity index (χ0v) is 16.4. The number of anilines is 1. The summed E-state index contributed by atoms with van der Waals surface area (Å²) in [6.07, 6.45) is 8.44. The summed E-state index contributed by atoms with van der Waals surface area (Å²) in [4.78, 5) is 32.3. The van der Waals surface area contributed by atoms with Crippen LogP contribution < -0.4 is 5.32 Å². The Balaban J connectivity index is 1.55. The molecule has 146 valence electrons. The van der Waals surface area contributed by atoms with Crippen LogP contribution in [0.25, 0.3) is 0 Å². The summed E-state index contributed by atoms with van der Waals surface area (Å²) in [5.74, 6) is 0.854. The third kappa shape index (κ3) is 3.93. The molecule has 1 aliphatic carbocycles. The summed E-state index contributed by atoms with van der Waals surface area (Å²) < 4.78 is 0. The highest BCUT2D eigenvalue weighted by atomic mass is 16.2. The predicted molar refractivity (Wildman–Crippen MR) is 109 cm³/mol. The number of fused-ring (bicyclic) bond motifs is 1. The summed E-state index contributed by atoms with van der Waals surface area (Å²) in [6, 6.07) is 10.9. The monoisotopic (exact) mass is 377 g/mol. The van der Waals surface area contributed by atoms with Crippen LogP contribution in [0.3, 0.4) is 0 Å². The van der Waals surface area contributed by atoms with E-state index in [4.69, 9.17) is 0 Å². The number of nitrogens with one attached hydrogen (secondary N) is 1. The minimum absolute atomic E-state index is 0.0385. The van der Waals surface area contributed by atoms with Gasteiger partial charge >= 0.3 is 0 Å². The molecule has 2 aliphatic rings. The lowest BCUT2D eigenvalue weighted by molar-refractivity contribution is -0.121. The summed E-state index contributed by atoms with van der Waals surface area (Å²) in [7, 11) is 0. The fourth-order valence-electron chi connectivity index (χ4n) is 4.39. The van der Waals surface area contributed by atoms with Crippen LogP contribution in [-0.4, -0.2) is 27.7 Å². The number of rotatable bonds is 5. The molecule has 2 amide bonds. The molecule has 0 bridgehead atoms. The van der Waals surface area contributed by atoms with E-state index in [1.165, 1.54) is 19.3 Å². The van der Waals surface area contributed by atoms with E-state index in [2.05, 4.69) is 10.3 Å². The fourth-order valence-corrected chi connectivity index (χ4v) is 4.39. The van der Waals surface area contributed by atoms with Crippen LogP contribution in [0.5, 0.6) is 0 Å². The first-order valence-corrected chi connectivity index (χ1v) is 10.2. The van der Waals surface area contributed by atoms with Crippen molar-refractivity contribution < 1.29 is 9.59 Å². The van der Waals surface area contributed by atoms with E-state index in [1.807, 2.05) is 43.3 Å². The van der Waals surface area contributed by atoms with Gasteiger partial charge in [0.05, 0.1) is 0 Å². The first-order chi connectivity index (χ1) is 13.6. The van der Waals surface area contributed by atoms with E-state index in [0.29, 0.717) is 18.3 Å². The van der Waals surface area contributed by atoms with Crippen molar-refractivity contribution in [3.8, 4) is 0 Å². The molecular weight excluding hydrogens is 350 g/mol. The first-order valence-electron chi connectivity index (χ1n) is 10.2. The van der Waals surface area contributed by atoms with Crippen molar-refractivity contribution in [1.82, 2.24) is 9.88 Å².